The summed E-state index contributed by atoms with van der Waals surface area (Å²) in [6.07, 6.45) is 0. The van der Waals surface area contributed by atoms with Crippen LogP contribution in [0.15, 0.2) is 53.7 Å². The van der Waals surface area contributed by atoms with Crippen LogP contribution >= 0.6 is 11.6 Å². The molecule has 0 saturated carbocycles. The standard InChI is InChI=1S/C17H15ClN2O3/c1-22-19-16-15-5-3-2-4-13(15)11-23-20(17(16)21)10-12-6-8-14(18)9-7-12/h2-9H,10-11H2,1H3/b19-16+. The minimum atomic E-state index is -0.341. The molecule has 0 saturated heterocycles. The van der Waals surface area contributed by atoms with Crippen molar-refractivity contribution in [1.82, 2.24) is 5.06 Å². The summed E-state index contributed by atoms with van der Waals surface area (Å²) in [6.45, 7) is 0.588. The minimum absolute atomic E-state index is 0.231. The van der Waals surface area contributed by atoms with Crippen LogP contribution in [0.25, 0.3) is 0 Å². The molecule has 0 bridgehead atoms. The quantitative estimate of drug-likeness (QED) is 0.812. The molecule has 2 aromatic rings. The van der Waals surface area contributed by atoms with Gasteiger partial charge in [0, 0.05) is 10.6 Å². The summed E-state index contributed by atoms with van der Waals surface area (Å²) < 4.78 is 0. The summed E-state index contributed by atoms with van der Waals surface area (Å²) in [5.41, 5.74) is 2.74. The van der Waals surface area contributed by atoms with Crippen molar-refractivity contribution >= 4 is 23.2 Å². The molecule has 0 fully saturated rings. The highest BCUT2D eigenvalue weighted by Crippen LogP contribution is 2.20. The SMILES string of the molecule is CO/N=C1/C(=O)N(Cc2ccc(Cl)cc2)OCc2ccccc21. The molecule has 3 rings (SSSR count). The lowest BCUT2D eigenvalue weighted by molar-refractivity contribution is -0.186. The average Bonchev–Trinajstić information content (AvgIpc) is 2.69. The maximum Gasteiger partial charge on any atom is 0.300 e. The van der Waals surface area contributed by atoms with Crippen LogP contribution in [0.1, 0.15) is 16.7 Å². The summed E-state index contributed by atoms with van der Waals surface area (Å²) >= 11 is 5.89. The second-order valence-electron chi connectivity index (χ2n) is 5.02. The van der Waals surface area contributed by atoms with Crippen molar-refractivity contribution in [3.8, 4) is 0 Å². The predicted octanol–water partition coefficient (Wildman–Crippen LogP) is 3.16. The van der Waals surface area contributed by atoms with Gasteiger partial charge in [0.25, 0.3) is 5.91 Å². The smallest absolute Gasteiger partial charge is 0.300 e. The lowest BCUT2D eigenvalue weighted by atomic mass is 10.0. The number of hydrogen-bond donors (Lipinski definition) is 0. The Morgan fingerprint density at radius 3 is 2.70 bits per heavy atom. The van der Waals surface area contributed by atoms with Gasteiger partial charge in [-0.1, -0.05) is 53.2 Å². The van der Waals surface area contributed by atoms with E-state index in [0.29, 0.717) is 11.6 Å². The fraction of sp³-hybridized carbons (Fsp3) is 0.176. The highest BCUT2D eigenvalue weighted by atomic mass is 35.5. The third-order valence-electron chi connectivity index (χ3n) is 3.50. The zero-order chi connectivity index (χ0) is 16.2. The number of hydroxylamine groups is 2. The van der Waals surface area contributed by atoms with E-state index < -0.39 is 0 Å². The lowest BCUT2D eigenvalue weighted by Gasteiger charge is -2.19. The second-order valence-corrected chi connectivity index (χ2v) is 5.46. The van der Waals surface area contributed by atoms with Crippen molar-refractivity contribution in [3.05, 3.63) is 70.2 Å². The molecule has 0 atom stereocenters. The van der Waals surface area contributed by atoms with E-state index >= 15 is 0 Å². The van der Waals surface area contributed by atoms with Crippen LogP contribution < -0.4 is 0 Å². The van der Waals surface area contributed by atoms with Crippen LogP contribution in [-0.4, -0.2) is 23.8 Å². The molecule has 1 aliphatic heterocycles. The van der Waals surface area contributed by atoms with Gasteiger partial charge < -0.3 is 4.84 Å². The van der Waals surface area contributed by atoms with Crippen molar-refractivity contribution in [2.24, 2.45) is 5.16 Å². The highest BCUT2D eigenvalue weighted by Gasteiger charge is 2.28. The lowest BCUT2D eigenvalue weighted by Crippen LogP contribution is -2.34. The number of carbonyl (C=O) groups excluding carboxylic acids is 1. The molecule has 1 amide bonds. The Balaban J connectivity index is 1.91. The number of oxime groups is 1. The molecule has 1 heterocycles. The molecular weight excluding hydrogens is 316 g/mol. The van der Waals surface area contributed by atoms with Gasteiger partial charge in [-0.05, 0) is 23.3 Å². The van der Waals surface area contributed by atoms with E-state index in [1.807, 2.05) is 36.4 Å². The Hall–Kier alpha value is -2.37. The molecule has 0 aromatic heterocycles. The number of carbonyl (C=O) groups is 1. The summed E-state index contributed by atoms with van der Waals surface area (Å²) in [6, 6.07) is 14.7. The highest BCUT2D eigenvalue weighted by molar-refractivity contribution is 6.45. The molecule has 0 radical (unpaired) electrons. The Morgan fingerprint density at radius 1 is 1.22 bits per heavy atom. The fourth-order valence-corrected chi connectivity index (χ4v) is 2.50. The van der Waals surface area contributed by atoms with Crippen molar-refractivity contribution in [3.63, 3.8) is 0 Å². The van der Waals surface area contributed by atoms with Crippen LogP contribution in [0.5, 0.6) is 0 Å². The van der Waals surface area contributed by atoms with Gasteiger partial charge >= 0.3 is 0 Å². The number of hydrogen-bond acceptors (Lipinski definition) is 4. The Morgan fingerprint density at radius 2 is 1.96 bits per heavy atom. The zero-order valence-corrected chi connectivity index (χ0v) is 13.3. The predicted molar refractivity (Wildman–Crippen MR) is 86.8 cm³/mol. The first-order chi connectivity index (χ1) is 11.2. The number of benzene rings is 2. The molecule has 0 aliphatic carbocycles. The maximum atomic E-state index is 12.7. The first-order valence-corrected chi connectivity index (χ1v) is 7.45. The molecule has 5 nitrogen and oxygen atoms in total. The summed E-state index contributed by atoms with van der Waals surface area (Å²) in [4.78, 5) is 23.2. The van der Waals surface area contributed by atoms with Gasteiger partial charge in [0.05, 0.1) is 6.54 Å². The number of rotatable bonds is 3. The molecule has 0 unspecified atom stereocenters. The van der Waals surface area contributed by atoms with E-state index in [0.717, 1.165) is 16.7 Å². The summed E-state index contributed by atoms with van der Waals surface area (Å²) in [5.74, 6) is -0.341. The summed E-state index contributed by atoms with van der Waals surface area (Å²) in [7, 11) is 1.41. The van der Waals surface area contributed by atoms with Crippen LogP contribution in [0, 0.1) is 0 Å². The van der Waals surface area contributed by atoms with Crippen molar-refractivity contribution in [2.75, 3.05) is 7.11 Å². The Bertz CT molecular complexity index is 744. The fourth-order valence-electron chi connectivity index (χ4n) is 2.37. The monoisotopic (exact) mass is 330 g/mol. The normalized spacial score (nSPS) is 16.2. The molecule has 1 aliphatic rings. The van der Waals surface area contributed by atoms with E-state index in [1.165, 1.54) is 12.2 Å². The number of amides is 1. The van der Waals surface area contributed by atoms with Crippen molar-refractivity contribution < 1.29 is 14.5 Å². The molecule has 118 valence electrons. The van der Waals surface area contributed by atoms with E-state index in [1.54, 1.807) is 12.1 Å². The first-order valence-electron chi connectivity index (χ1n) is 7.07. The molecule has 0 N–H and O–H groups in total. The summed E-state index contributed by atoms with van der Waals surface area (Å²) in [5, 5.41) is 5.83. The molecular formula is C17H15ClN2O3. The zero-order valence-electron chi connectivity index (χ0n) is 12.5. The van der Waals surface area contributed by atoms with Gasteiger partial charge in [0.1, 0.15) is 13.7 Å². The first kappa shape index (κ1) is 15.5. The maximum absolute atomic E-state index is 12.7. The van der Waals surface area contributed by atoms with E-state index in [4.69, 9.17) is 21.3 Å². The van der Waals surface area contributed by atoms with Crippen molar-refractivity contribution in [2.45, 2.75) is 13.2 Å². The van der Waals surface area contributed by atoms with Gasteiger partial charge in [-0.3, -0.25) is 9.63 Å². The van der Waals surface area contributed by atoms with Gasteiger partial charge in [0.2, 0.25) is 0 Å². The van der Waals surface area contributed by atoms with Gasteiger partial charge in [-0.15, -0.1) is 0 Å². The third-order valence-corrected chi connectivity index (χ3v) is 3.75. The number of nitrogens with zero attached hydrogens (tertiary/aromatic N) is 2. The van der Waals surface area contributed by atoms with E-state index in [9.17, 15) is 4.79 Å². The van der Waals surface area contributed by atoms with E-state index in [-0.39, 0.29) is 18.2 Å². The third kappa shape index (κ3) is 3.36. The minimum Gasteiger partial charge on any atom is -0.398 e. The van der Waals surface area contributed by atoms with E-state index in [2.05, 4.69) is 5.16 Å². The molecule has 6 heteroatoms. The van der Waals surface area contributed by atoms with Crippen LogP contribution in [-0.2, 0) is 27.6 Å². The molecule has 2 aromatic carbocycles. The van der Waals surface area contributed by atoms with Crippen molar-refractivity contribution in [1.29, 1.82) is 0 Å². The molecule has 23 heavy (non-hydrogen) atoms. The average molecular weight is 331 g/mol. The Kier molecular flexibility index (Phi) is 4.60. The number of halogens is 1. The van der Waals surface area contributed by atoms with Gasteiger partial charge in [-0.2, -0.15) is 0 Å². The van der Waals surface area contributed by atoms with Crippen LogP contribution in [0.3, 0.4) is 0 Å². The second kappa shape index (κ2) is 6.81. The van der Waals surface area contributed by atoms with Crippen LogP contribution in [0.2, 0.25) is 5.02 Å². The van der Waals surface area contributed by atoms with Gasteiger partial charge in [0.15, 0.2) is 5.71 Å². The largest absolute Gasteiger partial charge is 0.398 e. The Labute approximate surface area is 139 Å². The molecule has 0 spiro atoms. The van der Waals surface area contributed by atoms with Crippen LogP contribution in [0.4, 0.5) is 0 Å². The topological polar surface area (TPSA) is 51.1 Å². The number of fused-ring (bicyclic) bond motifs is 1. The van der Waals surface area contributed by atoms with Gasteiger partial charge in [-0.25, -0.2) is 5.06 Å².